The van der Waals surface area contributed by atoms with Gasteiger partial charge in [-0.25, -0.2) is 4.39 Å². The van der Waals surface area contributed by atoms with Crippen LogP contribution in [0.5, 0.6) is 0 Å². The summed E-state index contributed by atoms with van der Waals surface area (Å²) in [7, 11) is 0. The normalized spacial score (nSPS) is 11.1. The predicted octanol–water partition coefficient (Wildman–Crippen LogP) is 4.51. The summed E-state index contributed by atoms with van der Waals surface area (Å²) in [5.41, 5.74) is 3.56. The number of aryl methyl sites for hydroxylation is 1. The summed E-state index contributed by atoms with van der Waals surface area (Å²) >= 11 is 2.85. The fraction of sp³-hybridized carbons (Fsp3) is 0.316. The average Bonchev–Trinajstić information content (AvgIpc) is 3.21. The van der Waals surface area contributed by atoms with E-state index >= 15 is 0 Å². The van der Waals surface area contributed by atoms with Crippen molar-refractivity contribution in [1.29, 1.82) is 0 Å². The van der Waals surface area contributed by atoms with E-state index in [1.165, 1.54) is 23.9 Å². The molecule has 142 valence electrons. The molecule has 2 aromatic heterocycles. The number of Topliss-reactive ketones (excluding diaryl/α,β-unsaturated/α-hetero) is 1. The molecule has 0 aliphatic carbocycles. The number of ketones is 1. The van der Waals surface area contributed by atoms with Gasteiger partial charge in [0.25, 0.3) is 5.22 Å². The highest BCUT2D eigenvalue weighted by Crippen LogP contribution is 2.23. The Morgan fingerprint density at radius 3 is 2.67 bits per heavy atom. The third kappa shape index (κ3) is 4.81. The van der Waals surface area contributed by atoms with Gasteiger partial charge in [0.1, 0.15) is 5.82 Å². The van der Waals surface area contributed by atoms with Gasteiger partial charge in [-0.1, -0.05) is 23.9 Å². The summed E-state index contributed by atoms with van der Waals surface area (Å²) in [6.45, 7) is 4.49. The van der Waals surface area contributed by atoms with Crippen LogP contribution in [0.2, 0.25) is 0 Å². The van der Waals surface area contributed by atoms with Crippen LogP contribution >= 0.6 is 23.5 Å². The molecule has 2 heterocycles. The van der Waals surface area contributed by atoms with Gasteiger partial charge in [0.15, 0.2) is 5.78 Å². The molecule has 0 unspecified atom stereocenters. The molecule has 0 N–H and O–H groups in total. The predicted molar refractivity (Wildman–Crippen MR) is 106 cm³/mol. The van der Waals surface area contributed by atoms with Crippen molar-refractivity contribution in [3.63, 3.8) is 0 Å². The number of halogens is 1. The molecule has 0 spiro atoms. The Morgan fingerprint density at radius 1 is 1.22 bits per heavy atom. The Hall–Kier alpha value is -2.06. The Morgan fingerprint density at radius 2 is 1.96 bits per heavy atom. The first-order valence-corrected chi connectivity index (χ1v) is 10.7. The van der Waals surface area contributed by atoms with E-state index in [1.54, 1.807) is 23.9 Å². The molecule has 1 aromatic carbocycles. The first-order valence-electron chi connectivity index (χ1n) is 8.36. The van der Waals surface area contributed by atoms with Crippen LogP contribution in [0.1, 0.15) is 33.2 Å². The number of benzene rings is 1. The molecule has 27 heavy (non-hydrogen) atoms. The molecule has 0 aliphatic rings. The number of nitrogens with zero attached hydrogens (tertiary/aromatic N) is 3. The molecule has 5 nitrogen and oxygen atoms in total. The maximum absolute atomic E-state index is 13.1. The lowest BCUT2D eigenvalue weighted by atomic mass is 10.2. The van der Waals surface area contributed by atoms with Gasteiger partial charge in [-0.3, -0.25) is 4.79 Å². The van der Waals surface area contributed by atoms with Gasteiger partial charge in [-0.15, -0.1) is 10.2 Å². The second-order valence-corrected chi connectivity index (χ2v) is 7.90. The van der Waals surface area contributed by atoms with E-state index in [9.17, 15) is 9.18 Å². The zero-order valence-corrected chi connectivity index (χ0v) is 17.0. The van der Waals surface area contributed by atoms with Crippen molar-refractivity contribution in [2.45, 2.75) is 31.4 Å². The molecule has 0 bridgehead atoms. The summed E-state index contributed by atoms with van der Waals surface area (Å²) < 4.78 is 20.6. The van der Waals surface area contributed by atoms with Crippen molar-refractivity contribution in [3.05, 3.63) is 64.6 Å². The van der Waals surface area contributed by atoms with Crippen molar-refractivity contribution in [1.82, 2.24) is 14.8 Å². The minimum absolute atomic E-state index is 0.0167. The van der Waals surface area contributed by atoms with Gasteiger partial charge in [-0.2, -0.15) is 11.8 Å². The maximum atomic E-state index is 13.1. The number of carbonyl (C=O) groups is 1. The SMILES string of the molecule is CSCc1nnc(SCC(=O)c2cc(C)n(Cc3ccc(F)cc3)c2C)o1. The molecular formula is C19H20FN3O2S2. The van der Waals surface area contributed by atoms with E-state index in [1.807, 2.05) is 26.2 Å². The summed E-state index contributed by atoms with van der Waals surface area (Å²) in [6.07, 6.45) is 1.96. The van der Waals surface area contributed by atoms with E-state index < -0.39 is 0 Å². The van der Waals surface area contributed by atoms with Crippen LogP contribution in [0.4, 0.5) is 4.39 Å². The Balaban J connectivity index is 1.68. The Kier molecular flexibility index (Phi) is 6.38. The second kappa shape index (κ2) is 8.75. The Labute approximate surface area is 165 Å². The lowest BCUT2D eigenvalue weighted by molar-refractivity contribution is 0.102. The zero-order chi connectivity index (χ0) is 19.4. The topological polar surface area (TPSA) is 60.9 Å². The molecule has 8 heteroatoms. The van der Waals surface area contributed by atoms with Crippen molar-refractivity contribution in [2.24, 2.45) is 0 Å². The molecule has 0 amide bonds. The van der Waals surface area contributed by atoms with Crippen molar-refractivity contribution < 1.29 is 13.6 Å². The highest BCUT2D eigenvalue weighted by molar-refractivity contribution is 7.99. The summed E-state index contributed by atoms with van der Waals surface area (Å²) in [5, 5.41) is 8.31. The van der Waals surface area contributed by atoms with Crippen LogP contribution in [0.15, 0.2) is 40.0 Å². The first-order chi connectivity index (χ1) is 13.0. The van der Waals surface area contributed by atoms with Crippen LogP contribution in [0, 0.1) is 19.7 Å². The van der Waals surface area contributed by atoms with Gasteiger partial charge < -0.3 is 8.98 Å². The van der Waals surface area contributed by atoms with Gasteiger partial charge in [0.05, 0.1) is 11.5 Å². The Bertz CT molecular complexity index is 935. The number of thioether (sulfide) groups is 2. The second-order valence-electron chi connectivity index (χ2n) is 6.10. The van der Waals surface area contributed by atoms with Crippen molar-refractivity contribution in [3.8, 4) is 0 Å². The first kappa shape index (κ1) is 19.7. The average molecular weight is 406 g/mol. The van der Waals surface area contributed by atoms with E-state index in [0.29, 0.717) is 29.0 Å². The van der Waals surface area contributed by atoms with E-state index in [2.05, 4.69) is 14.8 Å². The van der Waals surface area contributed by atoms with Crippen LogP contribution < -0.4 is 0 Å². The quantitative estimate of drug-likeness (QED) is 0.406. The minimum Gasteiger partial charge on any atom is -0.415 e. The fourth-order valence-electron chi connectivity index (χ4n) is 2.78. The van der Waals surface area contributed by atoms with Crippen LogP contribution in [-0.4, -0.2) is 32.6 Å². The number of aromatic nitrogens is 3. The maximum Gasteiger partial charge on any atom is 0.277 e. The van der Waals surface area contributed by atoms with Gasteiger partial charge in [-0.05, 0) is 43.9 Å². The lowest BCUT2D eigenvalue weighted by Crippen LogP contribution is -2.07. The van der Waals surface area contributed by atoms with Gasteiger partial charge in [0, 0.05) is 23.5 Å². The highest BCUT2D eigenvalue weighted by atomic mass is 32.2. The number of hydrogen-bond acceptors (Lipinski definition) is 6. The molecule has 0 fully saturated rings. The standard InChI is InChI=1S/C19H20FN3O2S2/c1-12-8-16(13(2)23(12)9-14-4-6-15(20)7-5-14)17(24)10-27-19-22-21-18(25-19)11-26-3/h4-8H,9-11H2,1-3H3. The summed E-state index contributed by atoms with van der Waals surface area (Å²) in [6, 6.07) is 8.30. The third-order valence-electron chi connectivity index (χ3n) is 4.17. The van der Waals surface area contributed by atoms with Gasteiger partial charge in [0.2, 0.25) is 5.89 Å². The highest BCUT2D eigenvalue weighted by Gasteiger charge is 2.17. The molecule has 0 radical (unpaired) electrons. The van der Waals surface area contributed by atoms with E-state index in [4.69, 9.17) is 4.42 Å². The van der Waals surface area contributed by atoms with Gasteiger partial charge >= 0.3 is 0 Å². The molecule has 3 aromatic rings. The van der Waals surface area contributed by atoms with Crippen LogP contribution in [0.25, 0.3) is 0 Å². The molecule has 3 rings (SSSR count). The van der Waals surface area contributed by atoms with Crippen molar-refractivity contribution >= 4 is 29.3 Å². The number of rotatable bonds is 8. The van der Waals surface area contributed by atoms with Crippen LogP contribution in [0.3, 0.4) is 0 Å². The largest absolute Gasteiger partial charge is 0.415 e. The minimum atomic E-state index is -0.255. The summed E-state index contributed by atoms with van der Waals surface area (Å²) in [4.78, 5) is 12.7. The number of hydrogen-bond donors (Lipinski definition) is 0. The smallest absolute Gasteiger partial charge is 0.277 e. The monoisotopic (exact) mass is 405 g/mol. The fourth-order valence-corrected chi connectivity index (χ4v) is 3.81. The summed E-state index contributed by atoms with van der Waals surface area (Å²) in [5.74, 6) is 1.22. The lowest BCUT2D eigenvalue weighted by Gasteiger charge is -2.10. The molecule has 0 aliphatic heterocycles. The molecule has 0 saturated heterocycles. The number of carbonyl (C=O) groups excluding carboxylic acids is 1. The zero-order valence-electron chi connectivity index (χ0n) is 15.4. The van der Waals surface area contributed by atoms with E-state index in [0.717, 1.165) is 17.0 Å². The van der Waals surface area contributed by atoms with Crippen LogP contribution in [-0.2, 0) is 12.3 Å². The van der Waals surface area contributed by atoms with E-state index in [-0.39, 0.29) is 17.4 Å². The molecule has 0 atom stereocenters. The third-order valence-corrected chi connectivity index (χ3v) is 5.52. The van der Waals surface area contributed by atoms with Crippen molar-refractivity contribution in [2.75, 3.05) is 12.0 Å². The molecule has 0 saturated carbocycles. The molecular weight excluding hydrogens is 385 g/mol.